The third kappa shape index (κ3) is 6.31. The molecule has 30 heavy (non-hydrogen) atoms. The minimum atomic E-state index is -0.265. The number of amides is 1. The summed E-state index contributed by atoms with van der Waals surface area (Å²) >= 11 is 7.65. The molecular weight excluding hydrogens is 423 g/mol. The van der Waals surface area contributed by atoms with Gasteiger partial charge in [-0.25, -0.2) is 4.39 Å². The van der Waals surface area contributed by atoms with Crippen molar-refractivity contribution < 1.29 is 9.18 Å². The highest BCUT2D eigenvalue weighted by molar-refractivity contribution is 7.98. The molecule has 2 aromatic carbocycles. The molecule has 1 heterocycles. The van der Waals surface area contributed by atoms with Gasteiger partial charge < -0.3 is 5.32 Å². The van der Waals surface area contributed by atoms with Gasteiger partial charge in [0.15, 0.2) is 5.16 Å². The summed E-state index contributed by atoms with van der Waals surface area (Å²) < 4.78 is 15.4. The zero-order valence-corrected chi connectivity index (χ0v) is 18.3. The van der Waals surface area contributed by atoms with Crippen molar-refractivity contribution >= 4 is 29.3 Å². The van der Waals surface area contributed by atoms with Crippen LogP contribution in [0.3, 0.4) is 0 Å². The fourth-order valence-corrected chi connectivity index (χ4v) is 4.02. The largest absolute Gasteiger partial charge is 0.356 e. The molecular formula is C22H24ClFN4OS. The standard InChI is InChI=1S/C22H24ClFN4OS/c1-2-3-12-25-21(29)11-10-20-26-27-22(28(20)19-9-5-7-17(23)14-19)30-15-16-6-4-8-18(24)13-16/h4-9,13-14H,2-3,10-12,15H2,1H3,(H,25,29). The third-order valence-corrected chi connectivity index (χ3v) is 5.69. The summed E-state index contributed by atoms with van der Waals surface area (Å²) in [4.78, 5) is 12.1. The molecule has 0 saturated heterocycles. The molecule has 8 heteroatoms. The van der Waals surface area contributed by atoms with Gasteiger partial charge in [-0.1, -0.05) is 54.9 Å². The van der Waals surface area contributed by atoms with E-state index in [0.29, 0.717) is 41.1 Å². The van der Waals surface area contributed by atoms with Crippen molar-refractivity contribution in [2.24, 2.45) is 0 Å². The third-order valence-electron chi connectivity index (χ3n) is 4.45. The summed E-state index contributed by atoms with van der Waals surface area (Å²) in [6, 6.07) is 13.9. The number of aryl methyl sites for hydroxylation is 1. The number of aromatic nitrogens is 3. The van der Waals surface area contributed by atoms with E-state index >= 15 is 0 Å². The molecule has 1 aromatic heterocycles. The van der Waals surface area contributed by atoms with Crippen molar-refractivity contribution in [3.63, 3.8) is 0 Å². The highest BCUT2D eigenvalue weighted by Gasteiger charge is 2.16. The number of nitrogens with zero attached hydrogens (tertiary/aromatic N) is 3. The van der Waals surface area contributed by atoms with Crippen LogP contribution in [0.1, 0.15) is 37.6 Å². The van der Waals surface area contributed by atoms with E-state index < -0.39 is 0 Å². The fraction of sp³-hybridized carbons (Fsp3) is 0.318. The maximum atomic E-state index is 13.5. The van der Waals surface area contributed by atoms with Crippen LogP contribution < -0.4 is 5.32 Å². The molecule has 0 aliphatic heterocycles. The topological polar surface area (TPSA) is 59.8 Å². The Morgan fingerprint density at radius 1 is 1.20 bits per heavy atom. The molecule has 3 aromatic rings. The Labute approximate surface area is 185 Å². The van der Waals surface area contributed by atoms with E-state index in [9.17, 15) is 9.18 Å². The van der Waals surface area contributed by atoms with E-state index in [2.05, 4.69) is 22.4 Å². The van der Waals surface area contributed by atoms with Gasteiger partial charge in [0.2, 0.25) is 5.91 Å². The zero-order valence-electron chi connectivity index (χ0n) is 16.8. The lowest BCUT2D eigenvalue weighted by molar-refractivity contribution is -0.121. The highest BCUT2D eigenvalue weighted by atomic mass is 35.5. The number of hydrogen-bond donors (Lipinski definition) is 1. The smallest absolute Gasteiger partial charge is 0.220 e. The van der Waals surface area contributed by atoms with Crippen molar-refractivity contribution in [1.82, 2.24) is 20.1 Å². The van der Waals surface area contributed by atoms with Crippen LogP contribution in [0.15, 0.2) is 53.7 Å². The van der Waals surface area contributed by atoms with Gasteiger partial charge in [-0.2, -0.15) is 0 Å². The number of benzene rings is 2. The maximum Gasteiger partial charge on any atom is 0.220 e. The van der Waals surface area contributed by atoms with Crippen LogP contribution >= 0.6 is 23.4 Å². The zero-order chi connectivity index (χ0) is 21.3. The first-order chi connectivity index (χ1) is 14.6. The first kappa shape index (κ1) is 22.3. The van der Waals surface area contributed by atoms with Crippen molar-refractivity contribution in [2.45, 2.75) is 43.5 Å². The van der Waals surface area contributed by atoms with Crippen LogP contribution in [0, 0.1) is 5.82 Å². The molecule has 0 spiro atoms. The quantitative estimate of drug-likeness (QED) is 0.343. The van der Waals surface area contributed by atoms with Crippen LogP contribution in [0.25, 0.3) is 5.69 Å². The molecule has 0 aliphatic rings. The van der Waals surface area contributed by atoms with Crippen LogP contribution in [0.2, 0.25) is 5.02 Å². The highest BCUT2D eigenvalue weighted by Crippen LogP contribution is 2.27. The first-order valence-corrected chi connectivity index (χ1v) is 11.3. The Balaban J connectivity index is 1.78. The van der Waals surface area contributed by atoms with Gasteiger partial charge in [-0.15, -0.1) is 10.2 Å². The number of hydrogen-bond acceptors (Lipinski definition) is 4. The second kappa shape index (κ2) is 11.1. The Kier molecular flexibility index (Phi) is 8.28. The molecule has 0 aliphatic carbocycles. The number of thioether (sulfide) groups is 1. The summed E-state index contributed by atoms with van der Waals surface area (Å²) in [7, 11) is 0. The minimum absolute atomic E-state index is 0.00180. The van der Waals surface area contributed by atoms with Crippen molar-refractivity contribution in [1.29, 1.82) is 0 Å². The SMILES string of the molecule is CCCCNC(=O)CCc1nnc(SCc2cccc(F)c2)n1-c1cccc(Cl)c1. The molecule has 0 atom stereocenters. The lowest BCUT2D eigenvalue weighted by atomic mass is 10.2. The summed E-state index contributed by atoms with van der Waals surface area (Å²) in [6.45, 7) is 2.77. The predicted molar refractivity (Wildman–Crippen MR) is 119 cm³/mol. The van der Waals surface area contributed by atoms with Gasteiger partial charge in [0.05, 0.1) is 5.69 Å². The van der Waals surface area contributed by atoms with Crippen molar-refractivity contribution in [3.05, 3.63) is 70.8 Å². The van der Waals surface area contributed by atoms with Gasteiger partial charge in [0.1, 0.15) is 11.6 Å². The van der Waals surface area contributed by atoms with E-state index in [1.165, 1.54) is 23.9 Å². The van der Waals surface area contributed by atoms with E-state index in [4.69, 9.17) is 11.6 Å². The summed E-state index contributed by atoms with van der Waals surface area (Å²) in [5.41, 5.74) is 1.69. The van der Waals surface area contributed by atoms with E-state index in [0.717, 1.165) is 24.1 Å². The van der Waals surface area contributed by atoms with Crippen molar-refractivity contribution in [3.8, 4) is 5.69 Å². The summed E-state index contributed by atoms with van der Waals surface area (Å²) in [6.07, 6.45) is 2.79. The first-order valence-electron chi connectivity index (χ1n) is 9.91. The average Bonchev–Trinajstić information content (AvgIpc) is 3.14. The molecule has 1 N–H and O–H groups in total. The normalized spacial score (nSPS) is 10.9. The Morgan fingerprint density at radius 3 is 2.80 bits per heavy atom. The van der Waals surface area contributed by atoms with Crippen molar-refractivity contribution in [2.75, 3.05) is 6.54 Å². The number of unbranched alkanes of at least 4 members (excludes halogenated alkanes) is 1. The monoisotopic (exact) mass is 446 g/mol. The van der Waals surface area contributed by atoms with Crippen LogP contribution in [0.5, 0.6) is 0 Å². The number of carbonyl (C=O) groups is 1. The average molecular weight is 447 g/mol. The molecule has 0 radical (unpaired) electrons. The number of nitrogens with one attached hydrogen (secondary N) is 1. The van der Waals surface area contributed by atoms with Gasteiger partial charge in [-0.05, 0) is 42.3 Å². The molecule has 5 nitrogen and oxygen atoms in total. The molecule has 0 saturated carbocycles. The minimum Gasteiger partial charge on any atom is -0.356 e. The lowest BCUT2D eigenvalue weighted by Crippen LogP contribution is -2.24. The number of carbonyl (C=O) groups excluding carboxylic acids is 1. The number of rotatable bonds is 10. The fourth-order valence-electron chi connectivity index (χ4n) is 2.92. The number of halogens is 2. The second-order valence-electron chi connectivity index (χ2n) is 6.84. The summed E-state index contributed by atoms with van der Waals surface area (Å²) in [5.74, 6) is 0.968. The Hall–Kier alpha value is -2.38. The van der Waals surface area contributed by atoms with E-state index in [1.807, 2.05) is 28.8 Å². The van der Waals surface area contributed by atoms with Crippen LogP contribution in [-0.2, 0) is 17.0 Å². The molecule has 0 unspecified atom stereocenters. The second-order valence-corrected chi connectivity index (χ2v) is 8.22. The van der Waals surface area contributed by atoms with Gasteiger partial charge in [0.25, 0.3) is 0 Å². The van der Waals surface area contributed by atoms with E-state index in [-0.39, 0.29) is 11.7 Å². The Bertz CT molecular complexity index is 995. The van der Waals surface area contributed by atoms with Gasteiger partial charge >= 0.3 is 0 Å². The maximum absolute atomic E-state index is 13.5. The Morgan fingerprint density at radius 2 is 2.03 bits per heavy atom. The molecule has 0 fully saturated rings. The lowest BCUT2D eigenvalue weighted by Gasteiger charge is -2.11. The predicted octanol–water partition coefficient (Wildman–Crippen LogP) is 5.20. The van der Waals surface area contributed by atoms with Crippen LogP contribution in [0.4, 0.5) is 4.39 Å². The summed E-state index contributed by atoms with van der Waals surface area (Å²) in [5, 5.41) is 12.8. The van der Waals surface area contributed by atoms with Gasteiger partial charge in [0, 0.05) is 30.2 Å². The molecule has 1 amide bonds. The van der Waals surface area contributed by atoms with Gasteiger partial charge in [-0.3, -0.25) is 9.36 Å². The molecule has 158 valence electrons. The van der Waals surface area contributed by atoms with Crippen LogP contribution in [-0.4, -0.2) is 27.2 Å². The van der Waals surface area contributed by atoms with E-state index in [1.54, 1.807) is 12.1 Å². The molecule has 3 rings (SSSR count). The molecule has 0 bridgehead atoms.